The maximum absolute atomic E-state index is 14.2. The summed E-state index contributed by atoms with van der Waals surface area (Å²) in [5.74, 6) is -2.29. The molecule has 0 aliphatic carbocycles. The van der Waals surface area contributed by atoms with E-state index < -0.39 is 17.5 Å². The molecule has 4 aromatic rings. The van der Waals surface area contributed by atoms with Gasteiger partial charge in [-0.2, -0.15) is 0 Å². The number of aryl methyl sites for hydroxylation is 1. The van der Waals surface area contributed by atoms with E-state index in [4.69, 9.17) is 0 Å². The Morgan fingerprint density at radius 2 is 1.81 bits per heavy atom. The van der Waals surface area contributed by atoms with Crippen LogP contribution in [0.2, 0.25) is 0 Å². The van der Waals surface area contributed by atoms with Crippen LogP contribution in [0.15, 0.2) is 42.9 Å². The lowest BCUT2D eigenvalue weighted by Gasteiger charge is -2.11. The quantitative estimate of drug-likeness (QED) is 0.495. The molecule has 3 heterocycles. The van der Waals surface area contributed by atoms with Crippen molar-refractivity contribution in [2.75, 3.05) is 0 Å². The largest absolute Gasteiger partial charge is 0.323 e. The predicted octanol–water partition coefficient (Wildman–Crippen LogP) is 4.17. The molecular weight excluding hydrogens is 355 g/mol. The normalized spacial score (nSPS) is 11.4. The molecule has 0 radical (unpaired) electrons. The SMILES string of the molecule is CCCn1c(Cn2ccnc2-c2cc(F)c(F)cc2F)nc2cccnc21. The van der Waals surface area contributed by atoms with Crippen molar-refractivity contribution in [2.24, 2.45) is 0 Å². The van der Waals surface area contributed by atoms with Crippen LogP contribution in [-0.4, -0.2) is 24.1 Å². The number of aromatic nitrogens is 5. The number of fused-ring (bicyclic) bond motifs is 1. The summed E-state index contributed by atoms with van der Waals surface area (Å²) in [7, 11) is 0. The monoisotopic (exact) mass is 371 g/mol. The first-order valence-corrected chi connectivity index (χ1v) is 8.54. The van der Waals surface area contributed by atoms with Crippen LogP contribution in [0.25, 0.3) is 22.6 Å². The molecular formula is C19H16F3N5. The molecule has 8 heteroatoms. The summed E-state index contributed by atoms with van der Waals surface area (Å²) in [5.41, 5.74) is 1.44. The number of halogens is 3. The smallest absolute Gasteiger partial charge is 0.161 e. The van der Waals surface area contributed by atoms with Gasteiger partial charge < -0.3 is 9.13 Å². The van der Waals surface area contributed by atoms with Gasteiger partial charge in [-0.1, -0.05) is 6.92 Å². The standard InChI is InChI=1S/C19H16F3N5/c1-2-7-27-17(25-16-4-3-5-23-19(16)27)11-26-8-6-24-18(26)12-9-14(21)15(22)10-13(12)20/h3-6,8-10H,2,7,11H2,1H3. The van der Waals surface area contributed by atoms with Crippen LogP contribution >= 0.6 is 0 Å². The molecule has 0 saturated heterocycles. The molecule has 0 spiro atoms. The minimum atomic E-state index is -1.23. The van der Waals surface area contributed by atoms with Crippen molar-refractivity contribution < 1.29 is 13.2 Å². The second-order valence-corrected chi connectivity index (χ2v) is 6.15. The highest BCUT2D eigenvalue weighted by Gasteiger charge is 2.18. The van der Waals surface area contributed by atoms with Crippen molar-refractivity contribution >= 4 is 11.2 Å². The van der Waals surface area contributed by atoms with E-state index in [1.54, 1.807) is 17.0 Å². The lowest BCUT2D eigenvalue weighted by molar-refractivity contribution is 0.495. The number of rotatable bonds is 5. The third-order valence-corrected chi connectivity index (χ3v) is 4.31. The van der Waals surface area contributed by atoms with Gasteiger partial charge in [0, 0.05) is 31.2 Å². The molecule has 0 aliphatic heterocycles. The van der Waals surface area contributed by atoms with E-state index in [-0.39, 0.29) is 11.4 Å². The second-order valence-electron chi connectivity index (χ2n) is 6.15. The third kappa shape index (κ3) is 3.07. The van der Waals surface area contributed by atoms with Crippen LogP contribution in [-0.2, 0) is 13.1 Å². The summed E-state index contributed by atoms with van der Waals surface area (Å²) in [6.07, 6.45) is 5.74. The predicted molar refractivity (Wildman–Crippen MR) is 94.5 cm³/mol. The van der Waals surface area contributed by atoms with Crippen LogP contribution in [0.3, 0.4) is 0 Å². The second kappa shape index (κ2) is 6.86. The highest BCUT2D eigenvalue weighted by Crippen LogP contribution is 2.25. The Hall–Kier alpha value is -3.16. The highest BCUT2D eigenvalue weighted by molar-refractivity contribution is 5.71. The zero-order valence-electron chi connectivity index (χ0n) is 14.5. The third-order valence-electron chi connectivity index (χ3n) is 4.31. The Morgan fingerprint density at radius 1 is 1.00 bits per heavy atom. The Balaban J connectivity index is 1.78. The number of pyridine rings is 1. The van der Waals surface area contributed by atoms with Crippen LogP contribution < -0.4 is 0 Å². The summed E-state index contributed by atoms with van der Waals surface area (Å²) >= 11 is 0. The van der Waals surface area contributed by atoms with Crippen molar-refractivity contribution in [3.63, 3.8) is 0 Å². The molecule has 0 aliphatic rings. The van der Waals surface area contributed by atoms with E-state index in [9.17, 15) is 13.2 Å². The Bertz CT molecular complexity index is 1120. The summed E-state index contributed by atoms with van der Waals surface area (Å²) < 4.78 is 44.7. The molecule has 0 N–H and O–H groups in total. The minimum Gasteiger partial charge on any atom is -0.323 e. The molecule has 3 aromatic heterocycles. The zero-order valence-corrected chi connectivity index (χ0v) is 14.5. The number of hydrogen-bond donors (Lipinski definition) is 0. The fourth-order valence-electron chi connectivity index (χ4n) is 3.11. The highest BCUT2D eigenvalue weighted by atomic mass is 19.2. The Morgan fingerprint density at radius 3 is 2.63 bits per heavy atom. The molecule has 0 unspecified atom stereocenters. The number of benzene rings is 1. The van der Waals surface area contributed by atoms with Crippen molar-refractivity contribution in [1.82, 2.24) is 24.1 Å². The average molecular weight is 371 g/mol. The molecule has 5 nitrogen and oxygen atoms in total. The lowest BCUT2D eigenvalue weighted by Crippen LogP contribution is -2.10. The fourth-order valence-corrected chi connectivity index (χ4v) is 3.11. The maximum atomic E-state index is 14.2. The molecule has 1 aromatic carbocycles. The molecule has 0 fully saturated rings. The van der Waals surface area contributed by atoms with Gasteiger partial charge in [0.2, 0.25) is 0 Å². The van der Waals surface area contributed by atoms with E-state index in [0.717, 1.165) is 36.0 Å². The van der Waals surface area contributed by atoms with Crippen molar-refractivity contribution in [3.8, 4) is 11.4 Å². The van der Waals surface area contributed by atoms with Crippen LogP contribution in [0, 0.1) is 17.5 Å². The van der Waals surface area contributed by atoms with E-state index in [1.165, 1.54) is 6.20 Å². The Labute approximate surface area is 153 Å². The van der Waals surface area contributed by atoms with E-state index in [0.29, 0.717) is 12.6 Å². The van der Waals surface area contributed by atoms with Crippen molar-refractivity contribution in [2.45, 2.75) is 26.4 Å². The van der Waals surface area contributed by atoms with Crippen molar-refractivity contribution in [3.05, 3.63) is 66.1 Å². The topological polar surface area (TPSA) is 48.5 Å². The van der Waals surface area contributed by atoms with Crippen LogP contribution in [0.1, 0.15) is 19.2 Å². The van der Waals surface area contributed by atoms with Gasteiger partial charge in [0.25, 0.3) is 0 Å². The minimum absolute atomic E-state index is 0.102. The van der Waals surface area contributed by atoms with Gasteiger partial charge >= 0.3 is 0 Å². The lowest BCUT2D eigenvalue weighted by atomic mass is 10.2. The van der Waals surface area contributed by atoms with Gasteiger partial charge in [-0.25, -0.2) is 28.1 Å². The van der Waals surface area contributed by atoms with Gasteiger partial charge in [0.1, 0.15) is 23.0 Å². The summed E-state index contributed by atoms with van der Waals surface area (Å²) in [4.78, 5) is 13.1. The first kappa shape index (κ1) is 17.3. The molecule has 138 valence electrons. The van der Waals surface area contributed by atoms with Gasteiger partial charge in [0.15, 0.2) is 17.3 Å². The molecule has 0 amide bonds. The number of imidazole rings is 2. The first-order valence-electron chi connectivity index (χ1n) is 8.54. The molecule has 27 heavy (non-hydrogen) atoms. The van der Waals surface area contributed by atoms with Gasteiger partial charge in [-0.3, -0.25) is 0 Å². The molecule has 0 atom stereocenters. The Kier molecular flexibility index (Phi) is 4.39. The first-order chi connectivity index (χ1) is 13.1. The van der Waals surface area contributed by atoms with Crippen LogP contribution in [0.5, 0.6) is 0 Å². The fraction of sp³-hybridized carbons (Fsp3) is 0.211. The van der Waals surface area contributed by atoms with Gasteiger partial charge in [-0.15, -0.1) is 0 Å². The molecule has 4 rings (SSSR count). The van der Waals surface area contributed by atoms with Crippen molar-refractivity contribution in [1.29, 1.82) is 0 Å². The number of nitrogens with zero attached hydrogens (tertiary/aromatic N) is 5. The zero-order chi connectivity index (χ0) is 19.0. The van der Waals surface area contributed by atoms with Crippen LogP contribution in [0.4, 0.5) is 13.2 Å². The molecule has 0 bridgehead atoms. The summed E-state index contributed by atoms with van der Waals surface area (Å²) in [6, 6.07) is 5.04. The van der Waals surface area contributed by atoms with E-state index in [1.807, 2.05) is 16.7 Å². The van der Waals surface area contributed by atoms with Gasteiger partial charge in [-0.05, 0) is 24.6 Å². The average Bonchev–Trinajstić information content (AvgIpc) is 3.24. The van der Waals surface area contributed by atoms with Gasteiger partial charge in [0.05, 0.1) is 12.1 Å². The summed E-state index contributed by atoms with van der Waals surface area (Å²) in [5, 5.41) is 0. The van der Waals surface area contributed by atoms with E-state index in [2.05, 4.69) is 21.9 Å². The maximum Gasteiger partial charge on any atom is 0.161 e. The molecule has 0 saturated carbocycles. The number of hydrogen-bond acceptors (Lipinski definition) is 3. The van der Waals surface area contributed by atoms with E-state index >= 15 is 0 Å². The summed E-state index contributed by atoms with van der Waals surface area (Å²) in [6.45, 7) is 3.08.